The lowest BCUT2D eigenvalue weighted by Crippen LogP contribution is -2.34. The first-order chi connectivity index (χ1) is 9.19. The molecule has 20 heavy (non-hydrogen) atoms. The van der Waals surface area contributed by atoms with Crippen LogP contribution in [0.2, 0.25) is 0 Å². The van der Waals surface area contributed by atoms with Gasteiger partial charge in [0.2, 0.25) is 10.0 Å². The highest BCUT2D eigenvalue weighted by Gasteiger charge is 2.24. The van der Waals surface area contributed by atoms with Crippen molar-refractivity contribution < 1.29 is 17.9 Å². The summed E-state index contributed by atoms with van der Waals surface area (Å²) in [4.78, 5) is 0.104. The van der Waals surface area contributed by atoms with E-state index in [2.05, 4.69) is 32.4 Å². The Labute approximate surface area is 121 Å². The van der Waals surface area contributed by atoms with Crippen LogP contribution in [0.25, 0.3) is 0 Å². The van der Waals surface area contributed by atoms with Crippen molar-refractivity contribution in [2.45, 2.75) is 46.1 Å². The zero-order valence-corrected chi connectivity index (χ0v) is 13.6. The first kappa shape index (κ1) is 17.2. The van der Waals surface area contributed by atoms with E-state index in [1.807, 2.05) is 0 Å². The van der Waals surface area contributed by atoms with Crippen LogP contribution in [0.5, 0.6) is 0 Å². The maximum Gasteiger partial charge on any atom is 0.244 e. The van der Waals surface area contributed by atoms with Crippen LogP contribution in [0, 0.1) is 24.7 Å². The van der Waals surface area contributed by atoms with Gasteiger partial charge < -0.3 is 9.52 Å². The van der Waals surface area contributed by atoms with Gasteiger partial charge in [-0.25, -0.2) is 13.1 Å². The first-order valence-electron chi connectivity index (χ1n) is 6.88. The summed E-state index contributed by atoms with van der Waals surface area (Å²) in [5, 5.41) is 9.00. The summed E-state index contributed by atoms with van der Waals surface area (Å²) in [5.74, 6) is 1.63. The van der Waals surface area contributed by atoms with Crippen LogP contribution >= 0.6 is 0 Å². The number of hydrogen-bond acceptors (Lipinski definition) is 4. The fourth-order valence-corrected chi connectivity index (χ4v) is 3.67. The Balaban J connectivity index is 2.87. The highest BCUT2D eigenvalue weighted by molar-refractivity contribution is 7.89. The Hall–Kier alpha value is -0.850. The van der Waals surface area contributed by atoms with Gasteiger partial charge in [0, 0.05) is 12.6 Å². The van der Waals surface area contributed by atoms with E-state index in [0.717, 1.165) is 0 Å². The molecular weight excluding hydrogens is 278 g/mol. The standard InChI is InChI=1S/C14H25NO4S/c1-9(2)13(10(3)4)7-15-20(17,18)14-6-12(8-16)19-11(14)5/h6,9-10,13,15-16H,7-8H2,1-5H3. The predicted molar refractivity (Wildman–Crippen MR) is 77.7 cm³/mol. The summed E-state index contributed by atoms with van der Waals surface area (Å²) in [5.41, 5.74) is 0. The molecule has 0 fully saturated rings. The number of furan rings is 1. The molecule has 0 saturated carbocycles. The van der Waals surface area contributed by atoms with Gasteiger partial charge in [-0.3, -0.25) is 0 Å². The minimum Gasteiger partial charge on any atom is -0.462 e. The molecule has 1 aromatic rings. The van der Waals surface area contributed by atoms with Crippen molar-refractivity contribution in [1.82, 2.24) is 4.72 Å². The summed E-state index contributed by atoms with van der Waals surface area (Å²) in [6.45, 7) is 10.0. The zero-order chi connectivity index (χ0) is 15.5. The number of aliphatic hydroxyl groups is 1. The molecule has 1 heterocycles. The molecule has 0 aliphatic heterocycles. The SMILES string of the molecule is Cc1oc(CO)cc1S(=O)(=O)NCC(C(C)C)C(C)C. The Morgan fingerprint density at radius 2 is 1.80 bits per heavy atom. The van der Waals surface area contributed by atoms with Crippen LogP contribution < -0.4 is 4.72 Å². The van der Waals surface area contributed by atoms with E-state index >= 15 is 0 Å². The van der Waals surface area contributed by atoms with Crippen molar-refractivity contribution in [2.24, 2.45) is 17.8 Å². The lowest BCUT2D eigenvalue weighted by Gasteiger charge is -2.24. The fraction of sp³-hybridized carbons (Fsp3) is 0.714. The molecule has 5 nitrogen and oxygen atoms in total. The molecule has 6 heteroatoms. The number of aliphatic hydroxyl groups excluding tert-OH is 1. The van der Waals surface area contributed by atoms with Crippen molar-refractivity contribution in [3.8, 4) is 0 Å². The zero-order valence-electron chi connectivity index (χ0n) is 12.8. The van der Waals surface area contributed by atoms with Gasteiger partial charge in [0.15, 0.2) is 0 Å². The average molecular weight is 303 g/mol. The third kappa shape index (κ3) is 4.07. The van der Waals surface area contributed by atoms with E-state index in [0.29, 0.717) is 24.1 Å². The molecule has 0 atom stereocenters. The molecule has 0 aliphatic rings. The Morgan fingerprint density at radius 3 is 2.20 bits per heavy atom. The van der Waals surface area contributed by atoms with E-state index in [9.17, 15) is 8.42 Å². The summed E-state index contributed by atoms with van der Waals surface area (Å²) >= 11 is 0. The van der Waals surface area contributed by atoms with Crippen molar-refractivity contribution in [1.29, 1.82) is 0 Å². The van der Waals surface area contributed by atoms with Crippen LogP contribution in [-0.2, 0) is 16.6 Å². The predicted octanol–water partition coefficient (Wildman–Crippen LogP) is 2.29. The second-order valence-electron chi connectivity index (χ2n) is 5.80. The Kier molecular flexibility index (Phi) is 5.79. The number of rotatable bonds is 7. The van der Waals surface area contributed by atoms with Gasteiger partial charge in [0.05, 0.1) is 0 Å². The third-order valence-corrected chi connectivity index (χ3v) is 5.12. The molecule has 0 amide bonds. The molecular formula is C14H25NO4S. The maximum atomic E-state index is 12.3. The molecule has 2 N–H and O–H groups in total. The molecule has 0 saturated heterocycles. The van der Waals surface area contributed by atoms with Crippen molar-refractivity contribution in [3.63, 3.8) is 0 Å². The minimum absolute atomic E-state index is 0.104. The van der Waals surface area contributed by atoms with Crippen LogP contribution in [0.15, 0.2) is 15.4 Å². The third-order valence-electron chi connectivity index (χ3n) is 3.59. The molecule has 0 bridgehead atoms. The number of aryl methyl sites for hydroxylation is 1. The topological polar surface area (TPSA) is 79.5 Å². The molecule has 0 unspecified atom stereocenters. The Morgan fingerprint density at radius 1 is 1.25 bits per heavy atom. The fourth-order valence-electron chi connectivity index (χ4n) is 2.39. The molecule has 1 aromatic heterocycles. The van der Waals surface area contributed by atoms with E-state index in [1.54, 1.807) is 6.92 Å². The van der Waals surface area contributed by atoms with Crippen LogP contribution in [0.4, 0.5) is 0 Å². The highest BCUT2D eigenvalue weighted by atomic mass is 32.2. The van der Waals surface area contributed by atoms with E-state index in [-0.39, 0.29) is 23.2 Å². The van der Waals surface area contributed by atoms with E-state index < -0.39 is 10.0 Å². The van der Waals surface area contributed by atoms with Crippen molar-refractivity contribution >= 4 is 10.0 Å². The summed E-state index contributed by atoms with van der Waals surface area (Å²) < 4.78 is 32.4. The largest absolute Gasteiger partial charge is 0.462 e. The average Bonchev–Trinajstić information content (AvgIpc) is 2.70. The van der Waals surface area contributed by atoms with Gasteiger partial charge in [-0.05, 0) is 24.7 Å². The quantitative estimate of drug-likeness (QED) is 0.810. The molecule has 1 rings (SSSR count). The summed E-state index contributed by atoms with van der Waals surface area (Å²) in [6.07, 6.45) is 0. The van der Waals surface area contributed by atoms with Crippen LogP contribution in [0.3, 0.4) is 0 Å². The minimum atomic E-state index is -3.60. The smallest absolute Gasteiger partial charge is 0.244 e. The second kappa shape index (κ2) is 6.74. The van der Waals surface area contributed by atoms with E-state index in [4.69, 9.17) is 9.52 Å². The number of sulfonamides is 1. The highest BCUT2D eigenvalue weighted by Crippen LogP contribution is 2.23. The van der Waals surface area contributed by atoms with Crippen LogP contribution in [0.1, 0.15) is 39.2 Å². The van der Waals surface area contributed by atoms with E-state index in [1.165, 1.54) is 6.07 Å². The van der Waals surface area contributed by atoms with Gasteiger partial charge in [-0.1, -0.05) is 27.7 Å². The number of hydrogen-bond donors (Lipinski definition) is 2. The van der Waals surface area contributed by atoms with Crippen LogP contribution in [-0.4, -0.2) is 20.1 Å². The van der Waals surface area contributed by atoms with Gasteiger partial charge in [0.1, 0.15) is 23.0 Å². The number of nitrogens with one attached hydrogen (secondary N) is 1. The maximum absolute atomic E-state index is 12.3. The monoisotopic (exact) mass is 303 g/mol. The summed E-state index contributed by atoms with van der Waals surface area (Å²) in [6, 6.07) is 1.37. The normalized spacial score (nSPS) is 12.8. The molecule has 0 aliphatic carbocycles. The molecule has 0 aromatic carbocycles. The van der Waals surface area contributed by atoms with Gasteiger partial charge in [0.25, 0.3) is 0 Å². The van der Waals surface area contributed by atoms with Crippen molar-refractivity contribution in [3.05, 3.63) is 17.6 Å². The molecule has 0 spiro atoms. The first-order valence-corrected chi connectivity index (χ1v) is 8.37. The molecule has 0 radical (unpaired) electrons. The Bertz CT molecular complexity index is 523. The lowest BCUT2D eigenvalue weighted by molar-refractivity contribution is 0.244. The lowest BCUT2D eigenvalue weighted by atomic mass is 9.86. The summed E-state index contributed by atoms with van der Waals surface area (Å²) in [7, 11) is -3.60. The van der Waals surface area contributed by atoms with Gasteiger partial charge in [-0.15, -0.1) is 0 Å². The molecule has 116 valence electrons. The van der Waals surface area contributed by atoms with Crippen molar-refractivity contribution in [2.75, 3.05) is 6.54 Å². The second-order valence-corrected chi connectivity index (χ2v) is 7.53. The van der Waals surface area contributed by atoms with Gasteiger partial charge in [-0.2, -0.15) is 0 Å². The van der Waals surface area contributed by atoms with Gasteiger partial charge >= 0.3 is 0 Å².